The zero-order chi connectivity index (χ0) is 19.3. The summed E-state index contributed by atoms with van der Waals surface area (Å²) < 4.78 is 6.93. The Balaban J connectivity index is 2.02. The van der Waals surface area contributed by atoms with Crippen LogP contribution in [0.4, 0.5) is 0 Å². The maximum Gasteiger partial charge on any atom is 0.283 e. The summed E-state index contributed by atoms with van der Waals surface area (Å²) in [6, 6.07) is 29.7. The van der Waals surface area contributed by atoms with Gasteiger partial charge in [0.15, 0.2) is 0 Å². The van der Waals surface area contributed by atoms with E-state index in [9.17, 15) is 0 Å². The third-order valence-electron chi connectivity index (χ3n) is 4.50. The van der Waals surface area contributed by atoms with Gasteiger partial charge in [0.2, 0.25) is 0 Å². The van der Waals surface area contributed by atoms with Crippen LogP contribution in [0, 0.1) is 5.41 Å². The van der Waals surface area contributed by atoms with E-state index >= 15 is 0 Å². The van der Waals surface area contributed by atoms with E-state index < -0.39 is 9.04 Å². The van der Waals surface area contributed by atoms with Crippen LogP contribution in [-0.4, -0.2) is 9.04 Å². The van der Waals surface area contributed by atoms with Gasteiger partial charge in [-0.05, 0) is 26.9 Å². The molecule has 0 aromatic heterocycles. The molecule has 1 atom stereocenters. The van der Waals surface area contributed by atoms with Crippen LogP contribution in [0.1, 0.15) is 38.0 Å². The molecule has 0 aliphatic carbocycles. The van der Waals surface area contributed by atoms with Crippen molar-refractivity contribution in [3.63, 3.8) is 0 Å². The predicted molar refractivity (Wildman–Crippen MR) is 117 cm³/mol. The molecule has 3 rings (SSSR count). The Morgan fingerprint density at radius 3 is 1.85 bits per heavy atom. The molecule has 1 unspecified atom stereocenters. The number of rotatable bonds is 6. The fourth-order valence-corrected chi connectivity index (χ4v) is 5.67. The van der Waals surface area contributed by atoms with Crippen LogP contribution in [0.2, 0.25) is 0 Å². The van der Waals surface area contributed by atoms with Gasteiger partial charge in [-0.15, -0.1) is 11.6 Å². The fourth-order valence-electron chi connectivity index (χ4n) is 3.18. The molecule has 3 aromatic carbocycles. The van der Waals surface area contributed by atoms with E-state index in [1.807, 2.05) is 0 Å². The molecule has 0 aliphatic heterocycles. The second kappa shape index (κ2) is 8.88. The van der Waals surface area contributed by atoms with Crippen molar-refractivity contribution in [3.05, 3.63) is 96.1 Å². The Hall–Kier alpha value is -1.87. The zero-order valence-electron chi connectivity index (χ0n) is 16.2. The second-order valence-electron chi connectivity index (χ2n) is 7.80. The number of alkyl halides is 1. The van der Waals surface area contributed by atoms with Crippen molar-refractivity contribution in [3.8, 4) is 0 Å². The highest BCUT2D eigenvalue weighted by atomic mass is 35.5. The van der Waals surface area contributed by atoms with E-state index in [2.05, 4.69) is 106 Å². The number of benzene rings is 3. The molecule has 0 heterocycles. The summed E-state index contributed by atoms with van der Waals surface area (Å²) in [6.07, 6.45) is -0.0185. The maximum absolute atomic E-state index is 6.93. The van der Waals surface area contributed by atoms with Crippen molar-refractivity contribution in [2.45, 2.75) is 32.8 Å². The lowest BCUT2D eigenvalue weighted by Gasteiger charge is -2.34. The molecule has 139 valence electrons. The van der Waals surface area contributed by atoms with Crippen molar-refractivity contribution in [2.24, 2.45) is 5.41 Å². The van der Waals surface area contributed by atoms with Gasteiger partial charge in [0.25, 0.3) is 9.04 Å². The number of halogens is 1. The van der Waals surface area contributed by atoms with Crippen LogP contribution in [0.25, 0.3) is 0 Å². The summed E-state index contributed by atoms with van der Waals surface area (Å²) in [7, 11) is -1.38. The third-order valence-corrected chi connectivity index (χ3v) is 7.00. The fraction of sp³-hybridized carbons (Fsp3) is 0.250. The average Bonchev–Trinajstić information content (AvgIpc) is 2.69. The van der Waals surface area contributed by atoms with Gasteiger partial charge in [-0.2, -0.15) is 0 Å². The van der Waals surface area contributed by atoms with Crippen molar-refractivity contribution in [1.29, 1.82) is 0 Å². The van der Waals surface area contributed by atoms with Gasteiger partial charge in [-0.25, -0.2) is 0 Å². The molecule has 0 saturated heterocycles. The number of hydrogen-bond acceptors (Lipinski definition) is 1. The SMILES string of the molecule is CC(C)(C)C(O[Si](c1ccccc1)c1ccccc1)c1cccc(CCl)c1. The molecule has 1 nitrogen and oxygen atoms in total. The first-order valence-corrected chi connectivity index (χ1v) is 11.2. The molecule has 0 fully saturated rings. The Morgan fingerprint density at radius 1 is 0.815 bits per heavy atom. The lowest BCUT2D eigenvalue weighted by molar-refractivity contribution is 0.0896. The van der Waals surface area contributed by atoms with Gasteiger partial charge >= 0.3 is 0 Å². The molecule has 3 heteroatoms. The van der Waals surface area contributed by atoms with E-state index in [0.29, 0.717) is 5.88 Å². The summed E-state index contributed by atoms with van der Waals surface area (Å²) in [4.78, 5) is 0. The van der Waals surface area contributed by atoms with Gasteiger partial charge < -0.3 is 4.43 Å². The highest BCUT2D eigenvalue weighted by Gasteiger charge is 2.32. The monoisotopic (exact) mass is 393 g/mol. The largest absolute Gasteiger partial charge is 0.400 e. The predicted octanol–water partition coefficient (Wildman–Crippen LogP) is 5.34. The summed E-state index contributed by atoms with van der Waals surface area (Å²) in [5.74, 6) is 0.514. The van der Waals surface area contributed by atoms with Crippen molar-refractivity contribution >= 4 is 31.0 Å². The molecule has 0 aliphatic rings. The first kappa shape index (κ1) is 19.9. The molecule has 3 aromatic rings. The minimum Gasteiger partial charge on any atom is -0.400 e. The van der Waals surface area contributed by atoms with Crippen LogP contribution < -0.4 is 10.4 Å². The van der Waals surface area contributed by atoms with Crippen LogP contribution >= 0.6 is 11.6 Å². The Morgan fingerprint density at radius 2 is 1.37 bits per heavy atom. The van der Waals surface area contributed by atoms with E-state index in [1.54, 1.807) is 0 Å². The summed E-state index contributed by atoms with van der Waals surface area (Å²) in [6.45, 7) is 6.71. The topological polar surface area (TPSA) is 9.23 Å². The molecule has 0 bridgehead atoms. The summed E-state index contributed by atoms with van der Waals surface area (Å²) >= 11 is 6.08. The van der Waals surface area contributed by atoms with Gasteiger partial charge in [0.1, 0.15) is 0 Å². The Bertz CT molecular complexity index is 804. The second-order valence-corrected chi connectivity index (χ2v) is 10.1. The number of hydrogen-bond donors (Lipinski definition) is 0. The minimum atomic E-state index is -1.38. The van der Waals surface area contributed by atoms with Gasteiger partial charge in [-0.3, -0.25) is 0 Å². The molecule has 0 N–H and O–H groups in total. The van der Waals surface area contributed by atoms with Crippen LogP contribution in [0.15, 0.2) is 84.9 Å². The Kier molecular flexibility index (Phi) is 6.54. The highest BCUT2D eigenvalue weighted by Crippen LogP contribution is 2.37. The highest BCUT2D eigenvalue weighted by molar-refractivity contribution is 6.80. The van der Waals surface area contributed by atoms with Crippen LogP contribution in [0.5, 0.6) is 0 Å². The van der Waals surface area contributed by atoms with E-state index in [-0.39, 0.29) is 11.5 Å². The van der Waals surface area contributed by atoms with Crippen molar-refractivity contribution in [2.75, 3.05) is 0 Å². The summed E-state index contributed by atoms with van der Waals surface area (Å²) in [5.41, 5.74) is 2.28. The van der Waals surface area contributed by atoms with Crippen LogP contribution in [0.3, 0.4) is 0 Å². The van der Waals surface area contributed by atoms with E-state index in [4.69, 9.17) is 16.0 Å². The molecular weight excluding hydrogens is 368 g/mol. The van der Waals surface area contributed by atoms with Crippen molar-refractivity contribution in [1.82, 2.24) is 0 Å². The normalized spacial score (nSPS) is 12.9. The summed E-state index contributed by atoms with van der Waals surface area (Å²) in [5, 5.41) is 2.52. The van der Waals surface area contributed by atoms with Gasteiger partial charge in [0.05, 0.1) is 6.10 Å². The molecule has 27 heavy (non-hydrogen) atoms. The minimum absolute atomic E-state index is 0.0185. The van der Waals surface area contributed by atoms with Gasteiger partial charge in [-0.1, -0.05) is 106 Å². The standard InChI is InChI=1S/C24H26ClOSi/c1-24(2,3)23(20-12-10-11-19(17-20)18-25)26-27(21-13-6-4-7-14-21)22-15-8-5-9-16-22/h4-17,23H,18H2,1-3H3. The third kappa shape index (κ3) is 5.10. The molecule has 0 amide bonds. The van der Waals surface area contributed by atoms with Crippen molar-refractivity contribution < 1.29 is 4.43 Å². The maximum atomic E-state index is 6.93. The van der Waals surface area contributed by atoms with E-state index in [0.717, 1.165) is 5.56 Å². The molecule has 0 spiro atoms. The average molecular weight is 394 g/mol. The zero-order valence-corrected chi connectivity index (χ0v) is 17.9. The molecular formula is C24H26ClOSi. The lowest BCUT2D eigenvalue weighted by Crippen LogP contribution is -2.47. The quantitative estimate of drug-likeness (QED) is 0.406. The lowest BCUT2D eigenvalue weighted by atomic mass is 9.84. The first-order valence-electron chi connectivity index (χ1n) is 9.28. The van der Waals surface area contributed by atoms with Gasteiger partial charge in [0, 0.05) is 5.88 Å². The molecule has 1 radical (unpaired) electrons. The molecule has 0 saturated carbocycles. The van der Waals surface area contributed by atoms with E-state index in [1.165, 1.54) is 15.9 Å². The Labute approximate surface area is 169 Å². The van der Waals surface area contributed by atoms with Crippen LogP contribution in [-0.2, 0) is 10.3 Å². The first-order chi connectivity index (χ1) is 13.0. The smallest absolute Gasteiger partial charge is 0.283 e.